The maximum Gasteiger partial charge on any atom is 0.253 e. The molecule has 1 amide bonds. The zero-order chi connectivity index (χ0) is 21.3. The lowest BCUT2D eigenvalue weighted by Crippen LogP contribution is -2.42. The lowest BCUT2D eigenvalue weighted by molar-refractivity contribution is -0.0494. The van der Waals surface area contributed by atoms with E-state index >= 15 is 0 Å². The summed E-state index contributed by atoms with van der Waals surface area (Å²) in [5.74, 6) is -2.43. The summed E-state index contributed by atoms with van der Waals surface area (Å²) in [4.78, 5) is 16.2. The van der Waals surface area contributed by atoms with Gasteiger partial charge < -0.3 is 19.6 Å². The van der Waals surface area contributed by atoms with Gasteiger partial charge in [-0.25, -0.2) is 8.78 Å². The molecule has 2 aromatic rings. The summed E-state index contributed by atoms with van der Waals surface area (Å²) < 4.78 is 32.5. The number of carbonyl (C=O) groups excluding carboxylic acids is 1. The number of nitrogens with zero attached hydrogens (tertiary/aromatic N) is 4. The van der Waals surface area contributed by atoms with Crippen molar-refractivity contribution in [3.63, 3.8) is 0 Å². The molecule has 0 saturated carbocycles. The highest BCUT2D eigenvalue weighted by Crippen LogP contribution is 2.40. The summed E-state index contributed by atoms with van der Waals surface area (Å²) in [6.45, 7) is 1.04. The summed E-state index contributed by atoms with van der Waals surface area (Å²) in [6, 6.07) is 10.2. The van der Waals surface area contributed by atoms with Gasteiger partial charge >= 0.3 is 0 Å². The number of carbonyl (C=O) groups is 1. The van der Waals surface area contributed by atoms with Crippen LogP contribution in [-0.4, -0.2) is 55.1 Å². The van der Waals surface area contributed by atoms with E-state index in [0.717, 1.165) is 11.4 Å². The average molecular weight is 416 g/mol. The second-order valence-corrected chi connectivity index (χ2v) is 7.30. The van der Waals surface area contributed by atoms with Crippen LogP contribution in [0.4, 0.5) is 25.8 Å². The quantitative estimate of drug-likeness (QED) is 0.747. The fraction of sp³-hybridized carbons (Fsp3) is 0.381. The molecule has 7 nitrogen and oxygen atoms in total. The Bertz CT molecular complexity index is 986. The molecule has 0 aliphatic carbocycles. The summed E-state index contributed by atoms with van der Waals surface area (Å²) in [6.07, 6.45) is -0.629. The van der Waals surface area contributed by atoms with Crippen LogP contribution in [-0.2, 0) is 0 Å². The van der Waals surface area contributed by atoms with Gasteiger partial charge in [0.2, 0.25) is 0 Å². The van der Waals surface area contributed by atoms with Crippen molar-refractivity contribution in [2.45, 2.75) is 18.8 Å². The maximum atomic E-state index is 13.4. The van der Waals surface area contributed by atoms with E-state index in [1.165, 1.54) is 11.9 Å². The van der Waals surface area contributed by atoms with Crippen molar-refractivity contribution >= 4 is 23.0 Å². The van der Waals surface area contributed by atoms with Crippen LogP contribution in [0.1, 0.15) is 23.2 Å². The topological polar surface area (TPSA) is 77.7 Å². The number of hydrogen-bond donors (Lipinski definition) is 1. The first kappa shape index (κ1) is 20.1. The van der Waals surface area contributed by atoms with Gasteiger partial charge in [0.1, 0.15) is 23.8 Å². The van der Waals surface area contributed by atoms with Gasteiger partial charge in [-0.05, 0) is 30.3 Å². The van der Waals surface area contributed by atoms with E-state index in [2.05, 4.69) is 10.2 Å². The number of amides is 1. The predicted molar refractivity (Wildman–Crippen MR) is 108 cm³/mol. The highest BCUT2D eigenvalue weighted by atomic mass is 19.3. The third kappa shape index (κ3) is 3.92. The molecule has 1 fully saturated rings. The van der Waals surface area contributed by atoms with E-state index in [4.69, 9.17) is 4.74 Å². The Kier molecular flexibility index (Phi) is 5.27. The van der Waals surface area contributed by atoms with Gasteiger partial charge in [-0.3, -0.25) is 4.79 Å². The minimum atomic E-state index is -2.70. The molecule has 2 aliphatic heterocycles. The minimum absolute atomic E-state index is 0.0137. The van der Waals surface area contributed by atoms with Crippen molar-refractivity contribution in [1.82, 2.24) is 4.90 Å². The SMILES string of the molecule is CN=Nc1ccc(N2CCOc3cc(C(=O)N4CCC(F)(F)CC4)ccc32)cc1O. The normalized spacial score (nSPS) is 18.2. The first-order chi connectivity index (χ1) is 14.4. The summed E-state index contributed by atoms with van der Waals surface area (Å²) >= 11 is 0. The van der Waals surface area contributed by atoms with Crippen LogP contribution in [0.5, 0.6) is 11.5 Å². The number of rotatable bonds is 3. The van der Waals surface area contributed by atoms with Crippen LogP contribution < -0.4 is 9.64 Å². The molecule has 0 radical (unpaired) electrons. The van der Waals surface area contributed by atoms with E-state index in [0.29, 0.717) is 30.2 Å². The zero-order valence-corrected chi connectivity index (χ0v) is 16.5. The van der Waals surface area contributed by atoms with Gasteiger partial charge in [-0.2, -0.15) is 10.2 Å². The van der Waals surface area contributed by atoms with E-state index < -0.39 is 5.92 Å². The molecule has 0 aromatic heterocycles. The fourth-order valence-corrected chi connectivity index (χ4v) is 3.71. The largest absolute Gasteiger partial charge is 0.506 e. The molecule has 9 heteroatoms. The third-order valence-corrected chi connectivity index (χ3v) is 5.33. The Morgan fingerprint density at radius 3 is 2.60 bits per heavy atom. The Hall–Kier alpha value is -3.23. The summed E-state index contributed by atoms with van der Waals surface area (Å²) in [5, 5.41) is 17.7. The maximum absolute atomic E-state index is 13.4. The van der Waals surface area contributed by atoms with E-state index in [9.17, 15) is 18.7 Å². The number of anilines is 2. The second-order valence-electron chi connectivity index (χ2n) is 7.30. The molecule has 2 aromatic carbocycles. The molecule has 158 valence electrons. The number of halogens is 2. The number of phenols is 1. The molecule has 4 rings (SSSR count). The van der Waals surface area contributed by atoms with Crippen LogP contribution in [0.3, 0.4) is 0 Å². The Labute approximate surface area is 172 Å². The molecular formula is C21H22F2N4O3. The number of alkyl halides is 2. The van der Waals surface area contributed by atoms with Crippen molar-refractivity contribution < 1.29 is 23.4 Å². The average Bonchev–Trinajstić information content (AvgIpc) is 2.74. The first-order valence-electron chi connectivity index (χ1n) is 9.72. The third-order valence-electron chi connectivity index (χ3n) is 5.33. The molecule has 0 unspecified atom stereocenters. The molecule has 1 saturated heterocycles. The zero-order valence-electron chi connectivity index (χ0n) is 16.5. The predicted octanol–water partition coefficient (Wildman–Crippen LogP) is 4.51. The summed E-state index contributed by atoms with van der Waals surface area (Å²) in [7, 11) is 1.53. The summed E-state index contributed by atoms with van der Waals surface area (Å²) in [5.41, 5.74) is 2.29. The smallest absolute Gasteiger partial charge is 0.253 e. The number of likely N-dealkylation sites (tertiary alicyclic amines) is 1. The Morgan fingerprint density at radius 1 is 1.13 bits per heavy atom. The van der Waals surface area contributed by atoms with Crippen LogP contribution in [0.15, 0.2) is 46.6 Å². The van der Waals surface area contributed by atoms with Crippen molar-refractivity contribution in [1.29, 1.82) is 0 Å². The molecule has 2 heterocycles. The van der Waals surface area contributed by atoms with Gasteiger partial charge in [0.25, 0.3) is 11.8 Å². The molecule has 30 heavy (non-hydrogen) atoms. The van der Waals surface area contributed by atoms with Crippen LogP contribution >= 0.6 is 0 Å². The number of phenolic OH excluding ortho intramolecular Hbond substituents is 1. The van der Waals surface area contributed by atoms with E-state index in [1.54, 1.807) is 30.3 Å². The number of ether oxygens (including phenoxy) is 1. The lowest BCUT2D eigenvalue weighted by atomic mass is 10.0. The van der Waals surface area contributed by atoms with E-state index in [1.807, 2.05) is 11.0 Å². The van der Waals surface area contributed by atoms with Crippen LogP contribution in [0.25, 0.3) is 0 Å². The Balaban J connectivity index is 1.57. The molecule has 0 bridgehead atoms. The van der Waals surface area contributed by atoms with Crippen molar-refractivity contribution in [2.24, 2.45) is 10.2 Å². The fourth-order valence-electron chi connectivity index (χ4n) is 3.71. The standard InChI is InChI=1S/C21H22F2N4O3/c1-24-25-16-4-3-15(13-18(16)28)27-10-11-30-19-12-14(2-5-17(19)27)20(29)26-8-6-21(22,23)7-9-26/h2-5,12-13,28H,6-11H2,1H3. The van der Waals surface area contributed by atoms with Crippen molar-refractivity contribution in [3.05, 3.63) is 42.0 Å². The monoisotopic (exact) mass is 416 g/mol. The number of fused-ring (bicyclic) bond motifs is 1. The molecule has 0 spiro atoms. The van der Waals surface area contributed by atoms with Gasteiger partial charge in [0.05, 0.1) is 12.2 Å². The number of azo groups is 1. The molecule has 0 atom stereocenters. The Morgan fingerprint density at radius 2 is 1.90 bits per heavy atom. The highest BCUT2D eigenvalue weighted by molar-refractivity contribution is 5.95. The number of piperidine rings is 1. The molecule has 2 aliphatic rings. The molecular weight excluding hydrogens is 394 g/mol. The highest BCUT2D eigenvalue weighted by Gasteiger charge is 2.36. The number of hydrogen-bond acceptors (Lipinski definition) is 6. The van der Waals surface area contributed by atoms with Crippen LogP contribution in [0.2, 0.25) is 0 Å². The van der Waals surface area contributed by atoms with Gasteiger partial charge in [0, 0.05) is 50.3 Å². The van der Waals surface area contributed by atoms with Crippen LogP contribution in [0, 0.1) is 0 Å². The van der Waals surface area contributed by atoms with Gasteiger partial charge in [-0.15, -0.1) is 0 Å². The van der Waals surface area contributed by atoms with Gasteiger partial charge in [-0.1, -0.05) is 0 Å². The van der Waals surface area contributed by atoms with E-state index in [-0.39, 0.29) is 37.6 Å². The van der Waals surface area contributed by atoms with Crippen molar-refractivity contribution in [3.8, 4) is 11.5 Å². The van der Waals surface area contributed by atoms with Crippen molar-refractivity contribution in [2.75, 3.05) is 38.2 Å². The number of benzene rings is 2. The number of aromatic hydroxyl groups is 1. The lowest BCUT2D eigenvalue weighted by Gasteiger charge is -2.33. The first-order valence-corrected chi connectivity index (χ1v) is 9.72. The second kappa shape index (κ2) is 7.89. The minimum Gasteiger partial charge on any atom is -0.506 e. The molecule has 1 N–H and O–H groups in total. The van der Waals surface area contributed by atoms with Gasteiger partial charge in [0.15, 0.2) is 0 Å².